The Bertz CT molecular complexity index is 267. The monoisotopic (exact) mass is 255 g/mol. The van der Waals surface area contributed by atoms with E-state index < -0.39 is 5.24 Å². The Balaban J connectivity index is 0.000001000. The van der Waals surface area contributed by atoms with E-state index in [4.69, 9.17) is 11.6 Å². The fourth-order valence-corrected chi connectivity index (χ4v) is 0.988. The molecule has 1 heterocycles. The fraction of sp³-hybridized carbons (Fsp3) is 0. The third kappa shape index (κ3) is 3.18. The molecule has 0 spiro atoms. The zero-order valence-corrected chi connectivity index (χ0v) is 8.41. The molecule has 0 aliphatic heterocycles. The summed E-state index contributed by atoms with van der Waals surface area (Å²) in [6, 6.07) is 1.61. The number of hydrogen-bond donors (Lipinski definition) is 0. The van der Waals surface area contributed by atoms with Crippen LogP contribution in [0.15, 0.2) is 22.9 Å². The lowest BCUT2D eigenvalue weighted by Gasteiger charge is -1.91. The molecule has 0 unspecified atom stereocenters. The van der Waals surface area contributed by atoms with E-state index in [0.29, 0.717) is 5.56 Å². The first-order valence-electron chi connectivity index (χ1n) is 2.50. The van der Waals surface area contributed by atoms with Crippen LogP contribution in [-0.2, 0) is 0 Å². The number of carbonyl (C=O) groups excluding carboxylic acids is 1. The summed E-state index contributed by atoms with van der Waals surface area (Å²) in [7, 11) is 0. The van der Waals surface area contributed by atoms with Crippen LogP contribution in [0, 0.1) is 0 Å². The van der Waals surface area contributed by atoms with Gasteiger partial charge in [-0.2, -0.15) is 0 Å². The molecule has 0 saturated carbocycles. The van der Waals surface area contributed by atoms with E-state index in [9.17, 15) is 4.79 Å². The van der Waals surface area contributed by atoms with Gasteiger partial charge in [0.15, 0.2) is 0 Å². The number of hydrogen-bond acceptors (Lipinski definition) is 2. The third-order valence-corrected chi connectivity index (χ3v) is 1.58. The third-order valence-electron chi connectivity index (χ3n) is 0.932. The second kappa shape index (κ2) is 4.70. The highest BCUT2D eigenvalue weighted by Crippen LogP contribution is 2.10. The lowest BCUT2D eigenvalue weighted by atomic mass is 10.3. The number of rotatable bonds is 1. The molecular formula is C6H4BrCl2NO. The van der Waals surface area contributed by atoms with Gasteiger partial charge in [0, 0.05) is 16.9 Å². The molecule has 1 rings (SSSR count). The van der Waals surface area contributed by atoms with E-state index in [1.54, 1.807) is 12.3 Å². The normalized spacial score (nSPS) is 8.55. The molecule has 1 aromatic heterocycles. The lowest BCUT2D eigenvalue weighted by molar-refractivity contribution is 0.108. The summed E-state index contributed by atoms with van der Waals surface area (Å²) in [5, 5.41) is -0.492. The van der Waals surface area contributed by atoms with Gasteiger partial charge in [-0.15, -0.1) is 12.4 Å². The summed E-state index contributed by atoms with van der Waals surface area (Å²) in [5.41, 5.74) is 0.399. The van der Waals surface area contributed by atoms with Crippen molar-refractivity contribution >= 4 is 45.2 Å². The molecule has 0 N–H and O–H groups in total. The minimum Gasteiger partial charge on any atom is -0.276 e. The maximum absolute atomic E-state index is 10.5. The summed E-state index contributed by atoms with van der Waals surface area (Å²) in [6.07, 6.45) is 3.00. The Kier molecular flexibility index (Phi) is 4.65. The standard InChI is InChI=1S/C6H3BrClNO.ClH/c7-5-1-4(6(8)10)2-9-3-5;/h1-3H;1H. The first kappa shape index (κ1) is 10.9. The molecular weight excluding hydrogens is 253 g/mol. The molecule has 60 valence electrons. The van der Waals surface area contributed by atoms with E-state index in [1.807, 2.05) is 0 Å². The minimum absolute atomic E-state index is 0. The van der Waals surface area contributed by atoms with E-state index in [0.717, 1.165) is 4.47 Å². The first-order valence-corrected chi connectivity index (χ1v) is 3.67. The SMILES string of the molecule is Cl.O=C(Cl)c1cncc(Br)c1. The Hall–Kier alpha value is -0.120. The highest BCUT2D eigenvalue weighted by Gasteiger charge is 2.00. The largest absolute Gasteiger partial charge is 0.276 e. The number of aromatic nitrogens is 1. The molecule has 0 bridgehead atoms. The van der Waals surface area contributed by atoms with E-state index in [2.05, 4.69) is 20.9 Å². The Morgan fingerprint density at radius 2 is 2.18 bits per heavy atom. The minimum atomic E-state index is -0.492. The van der Waals surface area contributed by atoms with Crippen LogP contribution in [0.3, 0.4) is 0 Å². The van der Waals surface area contributed by atoms with Crippen LogP contribution >= 0.6 is 39.9 Å². The van der Waals surface area contributed by atoms with Crippen molar-refractivity contribution < 1.29 is 4.79 Å². The van der Waals surface area contributed by atoms with Gasteiger partial charge in [-0.05, 0) is 33.6 Å². The topological polar surface area (TPSA) is 30.0 Å². The van der Waals surface area contributed by atoms with Gasteiger partial charge in [0.2, 0.25) is 0 Å². The average Bonchev–Trinajstić information content (AvgIpc) is 1.88. The van der Waals surface area contributed by atoms with Crippen LogP contribution in [-0.4, -0.2) is 10.2 Å². The molecule has 0 saturated heterocycles. The average molecular weight is 257 g/mol. The second-order valence-electron chi connectivity index (χ2n) is 1.67. The maximum atomic E-state index is 10.5. The smallest absolute Gasteiger partial charge is 0.253 e. The van der Waals surface area contributed by atoms with Crippen LogP contribution < -0.4 is 0 Å². The Labute approximate surface area is 83.5 Å². The van der Waals surface area contributed by atoms with Crippen LogP contribution in [0.5, 0.6) is 0 Å². The van der Waals surface area contributed by atoms with E-state index >= 15 is 0 Å². The van der Waals surface area contributed by atoms with Crippen LogP contribution in [0.4, 0.5) is 0 Å². The zero-order valence-electron chi connectivity index (χ0n) is 5.25. The van der Waals surface area contributed by atoms with Crippen molar-refractivity contribution in [1.29, 1.82) is 0 Å². The van der Waals surface area contributed by atoms with E-state index in [1.165, 1.54) is 6.20 Å². The summed E-state index contributed by atoms with van der Waals surface area (Å²) in [6.45, 7) is 0. The lowest BCUT2D eigenvalue weighted by Crippen LogP contribution is -1.88. The predicted molar refractivity (Wildman–Crippen MR) is 49.4 cm³/mol. The van der Waals surface area contributed by atoms with Gasteiger partial charge in [-0.1, -0.05) is 0 Å². The van der Waals surface area contributed by atoms with Crippen LogP contribution in [0.2, 0.25) is 0 Å². The summed E-state index contributed by atoms with van der Waals surface area (Å²) in [5.74, 6) is 0. The molecule has 1 aromatic rings. The molecule has 0 amide bonds. The number of carbonyl (C=O) groups is 1. The number of pyridine rings is 1. The summed E-state index contributed by atoms with van der Waals surface area (Å²) in [4.78, 5) is 14.3. The molecule has 0 aliphatic carbocycles. The van der Waals surface area contributed by atoms with Gasteiger partial charge in [0.05, 0.1) is 5.56 Å². The zero-order chi connectivity index (χ0) is 7.56. The molecule has 0 atom stereocenters. The van der Waals surface area contributed by atoms with Gasteiger partial charge < -0.3 is 0 Å². The number of halogens is 3. The second-order valence-corrected chi connectivity index (χ2v) is 2.92. The van der Waals surface area contributed by atoms with Gasteiger partial charge in [0.1, 0.15) is 0 Å². The molecule has 5 heteroatoms. The van der Waals surface area contributed by atoms with Gasteiger partial charge in [0.25, 0.3) is 5.24 Å². The summed E-state index contributed by atoms with van der Waals surface area (Å²) < 4.78 is 0.749. The van der Waals surface area contributed by atoms with Crippen molar-refractivity contribution in [3.63, 3.8) is 0 Å². The molecule has 0 aliphatic rings. The fourth-order valence-electron chi connectivity index (χ4n) is 0.519. The number of nitrogens with zero attached hydrogens (tertiary/aromatic N) is 1. The molecule has 2 nitrogen and oxygen atoms in total. The van der Waals surface area contributed by atoms with E-state index in [-0.39, 0.29) is 12.4 Å². The van der Waals surface area contributed by atoms with Crippen LogP contribution in [0.1, 0.15) is 10.4 Å². The maximum Gasteiger partial charge on any atom is 0.253 e. The molecule has 11 heavy (non-hydrogen) atoms. The quantitative estimate of drug-likeness (QED) is 0.724. The summed E-state index contributed by atoms with van der Waals surface area (Å²) >= 11 is 8.33. The van der Waals surface area contributed by atoms with Crippen molar-refractivity contribution in [3.05, 3.63) is 28.5 Å². The Morgan fingerprint density at radius 1 is 1.55 bits per heavy atom. The highest BCUT2D eigenvalue weighted by atomic mass is 79.9. The van der Waals surface area contributed by atoms with Crippen molar-refractivity contribution in [2.75, 3.05) is 0 Å². The Morgan fingerprint density at radius 3 is 2.55 bits per heavy atom. The molecule has 0 aromatic carbocycles. The van der Waals surface area contributed by atoms with Crippen LogP contribution in [0.25, 0.3) is 0 Å². The molecule has 0 radical (unpaired) electrons. The molecule has 0 fully saturated rings. The van der Waals surface area contributed by atoms with Crippen molar-refractivity contribution in [2.24, 2.45) is 0 Å². The van der Waals surface area contributed by atoms with Gasteiger partial charge in [-0.3, -0.25) is 9.78 Å². The van der Waals surface area contributed by atoms with Crippen molar-refractivity contribution in [3.8, 4) is 0 Å². The van der Waals surface area contributed by atoms with Gasteiger partial charge in [-0.25, -0.2) is 0 Å². The predicted octanol–water partition coefficient (Wildman–Crippen LogP) is 2.64. The van der Waals surface area contributed by atoms with Gasteiger partial charge >= 0.3 is 0 Å². The van der Waals surface area contributed by atoms with Crippen molar-refractivity contribution in [2.45, 2.75) is 0 Å². The van der Waals surface area contributed by atoms with Crippen molar-refractivity contribution in [1.82, 2.24) is 4.98 Å². The first-order chi connectivity index (χ1) is 4.70. The highest BCUT2D eigenvalue weighted by molar-refractivity contribution is 9.10.